The summed E-state index contributed by atoms with van der Waals surface area (Å²) in [7, 11) is 1.91. The van der Waals surface area contributed by atoms with E-state index in [1.54, 1.807) is 18.5 Å². The Morgan fingerprint density at radius 2 is 2.06 bits per heavy atom. The van der Waals surface area contributed by atoms with Crippen molar-refractivity contribution in [1.29, 1.82) is 0 Å². The Morgan fingerprint density at radius 3 is 2.94 bits per heavy atom. The van der Waals surface area contributed by atoms with Gasteiger partial charge in [-0.3, -0.25) is 4.79 Å². The Labute approximate surface area is 184 Å². The van der Waals surface area contributed by atoms with Crippen LogP contribution in [-0.4, -0.2) is 38.7 Å². The van der Waals surface area contributed by atoms with E-state index >= 15 is 0 Å². The summed E-state index contributed by atoms with van der Waals surface area (Å²) in [6.45, 7) is 0.843. The second kappa shape index (κ2) is 7.30. The van der Waals surface area contributed by atoms with Crippen LogP contribution in [-0.2, 0) is 18.3 Å². The molecule has 2 aromatic heterocycles. The number of para-hydroxylation sites is 1. The third-order valence-corrected chi connectivity index (χ3v) is 6.15. The van der Waals surface area contributed by atoms with Gasteiger partial charge >= 0.3 is 0 Å². The van der Waals surface area contributed by atoms with E-state index < -0.39 is 0 Å². The zero-order valence-corrected chi connectivity index (χ0v) is 17.6. The minimum absolute atomic E-state index is 0.0531. The van der Waals surface area contributed by atoms with Gasteiger partial charge in [0.2, 0.25) is 12.7 Å². The van der Waals surface area contributed by atoms with Crippen molar-refractivity contribution in [3.8, 4) is 11.5 Å². The minimum atomic E-state index is -0.249. The molecule has 4 aromatic rings. The third-order valence-electron chi connectivity index (χ3n) is 6.15. The van der Waals surface area contributed by atoms with Gasteiger partial charge in [-0.15, -0.1) is 0 Å². The lowest BCUT2D eigenvalue weighted by Gasteiger charge is -2.35. The van der Waals surface area contributed by atoms with Gasteiger partial charge in [-0.1, -0.05) is 24.3 Å². The van der Waals surface area contributed by atoms with Crippen LogP contribution in [0.2, 0.25) is 0 Å². The second-order valence-electron chi connectivity index (χ2n) is 8.16. The number of imidazole rings is 1. The lowest BCUT2D eigenvalue weighted by molar-refractivity contribution is -0.128. The smallest absolute Gasteiger partial charge is 0.247 e. The average Bonchev–Trinajstić information content (AvgIpc) is 3.54. The lowest BCUT2D eigenvalue weighted by Crippen LogP contribution is -2.39. The topological polar surface area (TPSA) is 72.4 Å². The van der Waals surface area contributed by atoms with Gasteiger partial charge in [0.05, 0.1) is 18.1 Å². The largest absolute Gasteiger partial charge is 0.454 e. The van der Waals surface area contributed by atoms with Crippen molar-refractivity contribution in [2.45, 2.75) is 12.5 Å². The molecular weight excluding hydrogens is 404 g/mol. The predicted molar refractivity (Wildman–Crippen MR) is 120 cm³/mol. The summed E-state index contributed by atoms with van der Waals surface area (Å²) in [6.07, 6.45) is 7.77. The highest BCUT2D eigenvalue weighted by atomic mass is 16.7. The third kappa shape index (κ3) is 3.05. The standard InChI is InChI=1S/C25H22N4O3/c1-28-13-17(26-14-28)7-9-23(30)29-11-10-19-18-4-2-3-5-20(18)27-24(19)25(29)16-6-8-21-22(12-16)32-15-31-21/h2-9,12-14,25,27H,10-11,15H2,1H3/b9-7+/t25-/m1/s1. The van der Waals surface area contributed by atoms with Gasteiger partial charge in [-0.2, -0.15) is 0 Å². The Kier molecular flexibility index (Phi) is 4.28. The van der Waals surface area contributed by atoms with Crippen LogP contribution in [0.3, 0.4) is 0 Å². The number of H-pyrrole nitrogens is 1. The first-order chi connectivity index (χ1) is 15.7. The fraction of sp³-hybridized carbons (Fsp3) is 0.200. The highest BCUT2D eigenvalue weighted by molar-refractivity contribution is 5.93. The van der Waals surface area contributed by atoms with E-state index in [9.17, 15) is 4.79 Å². The molecule has 2 aromatic carbocycles. The Bertz CT molecular complexity index is 1370. The summed E-state index contributed by atoms with van der Waals surface area (Å²) in [4.78, 5) is 23.1. The number of fused-ring (bicyclic) bond motifs is 4. The first kappa shape index (κ1) is 18.7. The zero-order valence-electron chi connectivity index (χ0n) is 17.6. The normalized spacial score (nSPS) is 17.3. The van der Waals surface area contributed by atoms with E-state index in [2.05, 4.69) is 28.2 Å². The molecule has 0 saturated carbocycles. The molecule has 0 saturated heterocycles. The minimum Gasteiger partial charge on any atom is -0.454 e. The molecule has 0 unspecified atom stereocenters. The van der Waals surface area contributed by atoms with Crippen molar-refractivity contribution in [2.75, 3.05) is 13.3 Å². The highest BCUT2D eigenvalue weighted by Gasteiger charge is 2.34. The van der Waals surface area contributed by atoms with Crippen molar-refractivity contribution in [3.63, 3.8) is 0 Å². The maximum Gasteiger partial charge on any atom is 0.247 e. The molecule has 1 amide bonds. The van der Waals surface area contributed by atoms with Crippen LogP contribution in [0.15, 0.2) is 61.1 Å². The van der Waals surface area contributed by atoms with Crippen molar-refractivity contribution in [3.05, 3.63) is 83.6 Å². The van der Waals surface area contributed by atoms with E-state index in [-0.39, 0.29) is 18.7 Å². The number of nitrogens with zero attached hydrogens (tertiary/aromatic N) is 3. The van der Waals surface area contributed by atoms with Gasteiger partial charge < -0.3 is 23.9 Å². The van der Waals surface area contributed by atoms with Crippen LogP contribution >= 0.6 is 0 Å². The Balaban J connectivity index is 1.43. The molecule has 160 valence electrons. The molecule has 1 N–H and O–H groups in total. The fourth-order valence-electron chi connectivity index (χ4n) is 4.68. The van der Waals surface area contributed by atoms with Crippen molar-refractivity contribution < 1.29 is 14.3 Å². The molecule has 7 heteroatoms. The molecule has 7 nitrogen and oxygen atoms in total. The van der Waals surface area contributed by atoms with E-state index in [1.165, 1.54) is 10.9 Å². The predicted octanol–water partition coefficient (Wildman–Crippen LogP) is 3.82. The summed E-state index contributed by atoms with van der Waals surface area (Å²) in [5.41, 5.74) is 5.14. The molecule has 32 heavy (non-hydrogen) atoms. The Hall–Kier alpha value is -4.00. The van der Waals surface area contributed by atoms with E-state index in [0.717, 1.165) is 34.6 Å². The first-order valence-corrected chi connectivity index (χ1v) is 10.6. The maximum atomic E-state index is 13.4. The monoisotopic (exact) mass is 426 g/mol. The number of hydrogen-bond acceptors (Lipinski definition) is 4. The van der Waals surface area contributed by atoms with E-state index in [0.29, 0.717) is 12.3 Å². The number of ether oxygens (including phenoxy) is 2. The van der Waals surface area contributed by atoms with Crippen molar-refractivity contribution >= 4 is 22.9 Å². The van der Waals surface area contributed by atoms with Gasteiger partial charge in [0, 0.05) is 42.5 Å². The average molecular weight is 426 g/mol. The van der Waals surface area contributed by atoms with Gasteiger partial charge in [0.25, 0.3) is 0 Å². The number of carbonyl (C=O) groups excluding carboxylic acids is 1. The van der Waals surface area contributed by atoms with E-state index in [1.807, 2.05) is 47.0 Å². The van der Waals surface area contributed by atoms with Crippen LogP contribution < -0.4 is 9.47 Å². The van der Waals surface area contributed by atoms with Gasteiger partial charge in [-0.05, 0) is 41.8 Å². The summed E-state index contributed by atoms with van der Waals surface area (Å²) >= 11 is 0. The number of nitrogens with one attached hydrogen (secondary N) is 1. The van der Waals surface area contributed by atoms with Crippen LogP contribution in [0, 0.1) is 0 Å². The van der Waals surface area contributed by atoms with E-state index in [4.69, 9.17) is 9.47 Å². The highest BCUT2D eigenvalue weighted by Crippen LogP contribution is 2.42. The quantitative estimate of drug-likeness (QED) is 0.506. The van der Waals surface area contributed by atoms with Crippen LogP contribution in [0.25, 0.3) is 17.0 Å². The number of benzene rings is 2. The molecule has 0 aliphatic carbocycles. The number of rotatable bonds is 3. The Morgan fingerprint density at radius 1 is 1.19 bits per heavy atom. The molecule has 0 bridgehead atoms. The van der Waals surface area contributed by atoms with Crippen LogP contribution in [0.4, 0.5) is 0 Å². The number of hydrogen-bond donors (Lipinski definition) is 1. The lowest BCUT2D eigenvalue weighted by atomic mass is 9.92. The molecular formula is C25H22N4O3. The van der Waals surface area contributed by atoms with Crippen molar-refractivity contribution in [2.24, 2.45) is 7.05 Å². The second-order valence-corrected chi connectivity index (χ2v) is 8.16. The SMILES string of the molecule is Cn1cnc(/C=C/C(=O)N2CCc3c([nH]c4ccccc34)[C@H]2c2ccc3c(c2)OCO3)c1. The number of aryl methyl sites for hydroxylation is 1. The van der Waals surface area contributed by atoms with Gasteiger partial charge in [-0.25, -0.2) is 4.98 Å². The zero-order chi connectivity index (χ0) is 21.7. The number of aromatic nitrogens is 3. The summed E-state index contributed by atoms with van der Waals surface area (Å²) in [5.74, 6) is 1.39. The fourth-order valence-corrected chi connectivity index (χ4v) is 4.68. The summed E-state index contributed by atoms with van der Waals surface area (Å²) in [5, 5.41) is 1.21. The van der Waals surface area contributed by atoms with Crippen LogP contribution in [0.5, 0.6) is 11.5 Å². The molecule has 0 radical (unpaired) electrons. The molecule has 2 aliphatic heterocycles. The summed E-state index contributed by atoms with van der Waals surface area (Å²) in [6, 6.07) is 14.0. The number of carbonyl (C=O) groups is 1. The van der Waals surface area contributed by atoms with Crippen LogP contribution in [0.1, 0.15) is 28.6 Å². The number of aromatic amines is 1. The first-order valence-electron chi connectivity index (χ1n) is 10.6. The molecule has 1 atom stereocenters. The maximum absolute atomic E-state index is 13.4. The molecule has 0 spiro atoms. The summed E-state index contributed by atoms with van der Waals surface area (Å²) < 4.78 is 13.0. The molecule has 2 aliphatic rings. The number of amides is 1. The van der Waals surface area contributed by atoms with Crippen molar-refractivity contribution in [1.82, 2.24) is 19.4 Å². The molecule has 4 heterocycles. The molecule has 0 fully saturated rings. The molecule has 6 rings (SSSR count). The van der Waals surface area contributed by atoms with Gasteiger partial charge in [0.15, 0.2) is 11.5 Å². The van der Waals surface area contributed by atoms with Gasteiger partial charge in [0.1, 0.15) is 0 Å².